The second-order valence-electron chi connectivity index (χ2n) is 9.81. The lowest BCUT2D eigenvalue weighted by Crippen LogP contribution is -2.48. The van der Waals surface area contributed by atoms with E-state index in [0.29, 0.717) is 25.1 Å². The molecule has 0 radical (unpaired) electrons. The third kappa shape index (κ3) is 4.44. The van der Waals surface area contributed by atoms with Gasteiger partial charge in [-0.05, 0) is 53.4 Å². The van der Waals surface area contributed by atoms with Crippen molar-refractivity contribution in [2.45, 2.75) is 82.8 Å². The number of carbonyl (C=O) groups excluding carboxylic acids is 1. The minimum Gasteiger partial charge on any atom is -0.399 e. The molecule has 0 aromatic carbocycles. The Hall–Kier alpha value is -1.75. The molecule has 31 heavy (non-hydrogen) atoms. The highest BCUT2D eigenvalue weighted by Crippen LogP contribution is 2.36. The summed E-state index contributed by atoms with van der Waals surface area (Å²) in [5, 5.41) is 18.9. The highest BCUT2D eigenvalue weighted by molar-refractivity contribution is 6.61. The van der Waals surface area contributed by atoms with Gasteiger partial charge < -0.3 is 29.3 Å². The summed E-state index contributed by atoms with van der Waals surface area (Å²) < 4.78 is 12.2. The Bertz CT molecular complexity index is 785. The number of carbonyl (C=O) groups is 1. The van der Waals surface area contributed by atoms with Gasteiger partial charge in [-0.1, -0.05) is 0 Å². The molecule has 1 aliphatic carbocycles. The van der Waals surface area contributed by atoms with Gasteiger partial charge in [0.05, 0.1) is 17.8 Å². The summed E-state index contributed by atoms with van der Waals surface area (Å²) in [5.74, 6) is 0.225. The molecule has 1 amide bonds. The van der Waals surface area contributed by atoms with E-state index in [4.69, 9.17) is 14.4 Å². The maximum absolute atomic E-state index is 12.4. The molecule has 3 heterocycles. The summed E-state index contributed by atoms with van der Waals surface area (Å²) in [4.78, 5) is 25.5. The molecule has 170 valence electrons. The van der Waals surface area contributed by atoms with Crippen LogP contribution in [-0.4, -0.2) is 87.2 Å². The fraction of sp³-hybridized carbons (Fsp3) is 0.762. The highest BCUT2D eigenvalue weighted by atomic mass is 16.7. The van der Waals surface area contributed by atoms with Crippen LogP contribution in [-0.2, 0) is 14.1 Å². The van der Waals surface area contributed by atoms with Gasteiger partial charge in [0.1, 0.15) is 0 Å². The second kappa shape index (κ2) is 8.31. The molecule has 2 atom stereocenters. The molecule has 2 unspecified atom stereocenters. The summed E-state index contributed by atoms with van der Waals surface area (Å²) in [5.41, 5.74) is -0.0657. The maximum Gasteiger partial charge on any atom is 0.498 e. The zero-order chi connectivity index (χ0) is 22.4. The number of aliphatic hydroxyl groups is 2. The first kappa shape index (κ1) is 22.4. The van der Waals surface area contributed by atoms with Gasteiger partial charge in [-0.2, -0.15) is 0 Å². The lowest BCUT2D eigenvalue weighted by Gasteiger charge is -2.32. The van der Waals surface area contributed by atoms with E-state index in [1.165, 1.54) is 0 Å². The van der Waals surface area contributed by atoms with Crippen LogP contribution in [0.15, 0.2) is 12.4 Å². The lowest BCUT2D eigenvalue weighted by molar-refractivity contribution is -0.142. The largest absolute Gasteiger partial charge is 0.498 e. The van der Waals surface area contributed by atoms with Crippen molar-refractivity contribution in [3.05, 3.63) is 12.4 Å². The molecule has 2 N–H and O–H groups in total. The van der Waals surface area contributed by atoms with Crippen molar-refractivity contribution in [3.63, 3.8) is 0 Å². The van der Waals surface area contributed by atoms with Crippen LogP contribution in [0.2, 0.25) is 0 Å². The van der Waals surface area contributed by atoms with E-state index < -0.39 is 36.9 Å². The zero-order valence-electron chi connectivity index (χ0n) is 18.8. The molecule has 4 rings (SSSR count). The predicted octanol–water partition coefficient (Wildman–Crippen LogP) is 0.0888. The number of rotatable bonds is 7. The highest BCUT2D eigenvalue weighted by Gasteiger charge is 2.52. The van der Waals surface area contributed by atoms with E-state index in [2.05, 4.69) is 14.9 Å². The Morgan fingerprint density at radius 2 is 1.84 bits per heavy atom. The first-order chi connectivity index (χ1) is 14.6. The first-order valence-corrected chi connectivity index (χ1v) is 11.2. The first-order valence-electron chi connectivity index (χ1n) is 11.2. The van der Waals surface area contributed by atoms with E-state index in [1.54, 1.807) is 17.3 Å². The predicted molar refractivity (Wildman–Crippen MR) is 116 cm³/mol. The number of hydrogen-bond donors (Lipinski definition) is 2. The summed E-state index contributed by atoms with van der Waals surface area (Å²) in [7, 11) is -0.503. The molecule has 9 nitrogen and oxygen atoms in total. The van der Waals surface area contributed by atoms with Crippen LogP contribution in [0.3, 0.4) is 0 Å². The molecule has 10 heteroatoms. The minimum absolute atomic E-state index is 0.0272. The molecular weight excluding hydrogens is 399 g/mol. The standard InChI is InChI=1S/C21H33BN4O5/c1-20(2)21(3,4)31-22(30-20)14-10-23-19(24-11-14)26(15-7-8-15)12-16-6-5-9-25(16)18(29)17(28)13-27/h10-11,15-17,27-28H,5-9,12-13H2,1-4H3. The fourth-order valence-electron chi connectivity index (χ4n) is 4.17. The Labute approximate surface area is 183 Å². The van der Waals surface area contributed by atoms with E-state index in [1.807, 2.05) is 27.7 Å². The molecule has 1 aromatic rings. The van der Waals surface area contributed by atoms with Gasteiger partial charge in [-0.3, -0.25) is 4.79 Å². The number of amides is 1. The molecule has 2 saturated heterocycles. The van der Waals surface area contributed by atoms with Crippen LogP contribution in [0.25, 0.3) is 0 Å². The van der Waals surface area contributed by atoms with Gasteiger partial charge in [0.25, 0.3) is 5.91 Å². The van der Waals surface area contributed by atoms with Gasteiger partial charge in [-0.15, -0.1) is 0 Å². The number of hydrogen-bond acceptors (Lipinski definition) is 8. The molecule has 1 saturated carbocycles. The Balaban J connectivity index is 1.47. The van der Waals surface area contributed by atoms with Gasteiger partial charge in [0.15, 0.2) is 6.10 Å². The second-order valence-corrected chi connectivity index (χ2v) is 9.81. The average Bonchev–Trinajstić information content (AvgIpc) is 3.42. The summed E-state index contributed by atoms with van der Waals surface area (Å²) in [6.45, 7) is 8.71. The number of likely N-dealkylation sites (tertiary alicyclic amines) is 1. The van der Waals surface area contributed by atoms with Crippen LogP contribution in [0.4, 0.5) is 5.95 Å². The molecule has 2 aliphatic heterocycles. The minimum atomic E-state index is -1.36. The van der Waals surface area contributed by atoms with Gasteiger partial charge in [-0.25, -0.2) is 9.97 Å². The van der Waals surface area contributed by atoms with E-state index in [0.717, 1.165) is 31.1 Å². The number of aromatic nitrogens is 2. The lowest BCUT2D eigenvalue weighted by atomic mass is 9.81. The monoisotopic (exact) mass is 432 g/mol. The van der Waals surface area contributed by atoms with Crippen LogP contribution in [0.1, 0.15) is 53.4 Å². The molecule has 3 aliphatic rings. The maximum atomic E-state index is 12.4. The molecule has 0 bridgehead atoms. The fourth-order valence-corrected chi connectivity index (χ4v) is 4.17. The number of nitrogens with zero attached hydrogens (tertiary/aromatic N) is 4. The van der Waals surface area contributed by atoms with Crippen LogP contribution < -0.4 is 10.4 Å². The quantitative estimate of drug-likeness (QED) is 0.584. The Morgan fingerprint density at radius 3 is 2.39 bits per heavy atom. The summed E-state index contributed by atoms with van der Waals surface area (Å²) in [6.07, 6.45) is 6.05. The summed E-state index contributed by atoms with van der Waals surface area (Å²) >= 11 is 0. The van der Waals surface area contributed by atoms with Crippen LogP contribution in [0, 0.1) is 0 Å². The van der Waals surface area contributed by atoms with Crippen molar-refractivity contribution < 1.29 is 24.3 Å². The van der Waals surface area contributed by atoms with E-state index >= 15 is 0 Å². The average molecular weight is 432 g/mol. The zero-order valence-corrected chi connectivity index (χ0v) is 18.8. The van der Waals surface area contributed by atoms with Crippen molar-refractivity contribution >= 4 is 24.4 Å². The molecular formula is C21H33BN4O5. The SMILES string of the molecule is CC1(C)OB(c2cnc(N(CC3CCCN3C(=O)C(O)CO)C3CC3)nc2)OC1(C)C. The van der Waals surface area contributed by atoms with Gasteiger partial charge in [0.2, 0.25) is 5.95 Å². The molecule has 0 spiro atoms. The molecule has 3 fully saturated rings. The molecule has 1 aromatic heterocycles. The van der Waals surface area contributed by atoms with E-state index in [-0.39, 0.29) is 6.04 Å². The van der Waals surface area contributed by atoms with Crippen molar-refractivity contribution in [2.75, 3.05) is 24.6 Å². The smallest absolute Gasteiger partial charge is 0.399 e. The van der Waals surface area contributed by atoms with Crippen LogP contribution >= 0.6 is 0 Å². The van der Waals surface area contributed by atoms with Crippen molar-refractivity contribution in [2.24, 2.45) is 0 Å². The van der Waals surface area contributed by atoms with Gasteiger partial charge in [0, 0.05) is 43.0 Å². The Morgan fingerprint density at radius 1 is 1.23 bits per heavy atom. The third-order valence-corrected chi connectivity index (χ3v) is 6.95. The number of anilines is 1. The van der Waals surface area contributed by atoms with Crippen LogP contribution in [0.5, 0.6) is 0 Å². The third-order valence-electron chi connectivity index (χ3n) is 6.95. The summed E-state index contributed by atoms with van der Waals surface area (Å²) in [6, 6.07) is 0.337. The Kier molecular flexibility index (Phi) is 6.02. The van der Waals surface area contributed by atoms with Crippen molar-refractivity contribution in [3.8, 4) is 0 Å². The van der Waals surface area contributed by atoms with Crippen molar-refractivity contribution in [1.29, 1.82) is 0 Å². The van der Waals surface area contributed by atoms with E-state index in [9.17, 15) is 9.90 Å². The van der Waals surface area contributed by atoms with Crippen molar-refractivity contribution in [1.82, 2.24) is 14.9 Å². The number of aliphatic hydroxyl groups excluding tert-OH is 2. The van der Waals surface area contributed by atoms with Gasteiger partial charge >= 0.3 is 7.12 Å². The topological polar surface area (TPSA) is 108 Å². The normalized spacial score (nSPS) is 25.7.